The molecule has 0 aliphatic heterocycles. The molecule has 1 fully saturated rings. The summed E-state index contributed by atoms with van der Waals surface area (Å²) in [6.45, 7) is 0.325. The van der Waals surface area contributed by atoms with E-state index in [2.05, 4.69) is 25.9 Å². The van der Waals surface area contributed by atoms with Gasteiger partial charge in [0, 0.05) is 40.4 Å². The van der Waals surface area contributed by atoms with Crippen molar-refractivity contribution >= 4 is 37.3 Å². The van der Waals surface area contributed by atoms with Gasteiger partial charge in [0.2, 0.25) is 0 Å². The van der Waals surface area contributed by atoms with Crippen LogP contribution in [0.25, 0.3) is 10.6 Å². The maximum atomic E-state index is 13.2. The molecule has 0 spiro atoms. The number of benzene rings is 1. The van der Waals surface area contributed by atoms with Gasteiger partial charge in [-0.1, -0.05) is 34.1 Å². The fourth-order valence-corrected chi connectivity index (χ4v) is 5.68. The average Bonchev–Trinajstić information content (AvgIpc) is 3.36. The number of hydrogen-bond acceptors (Lipinski definition) is 5. The third-order valence-electron chi connectivity index (χ3n) is 4.16. The summed E-state index contributed by atoms with van der Waals surface area (Å²) in [5.74, 6) is 0. The molecule has 1 aromatic carbocycles. The zero-order valence-electron chi connectivity index (χ0n) is 13.7. The number of nitrogens with zero attached hydrogens (tertiary/aromatic N) is 3. The van der Waals surface area contributed by atoms with Gasteiger partial charge in [-0.15, -0.1) is 11.3 Å². The van der Waals surface area contributed by atoms with Crippen LogP contribution >= 0.6 is 27.3 Å². The number of aromatic nitrogens is 2. The van der Waals surface area contributed by atoms with Crippen LogP contribution in [0.15, 0.2) is 63.7 Å². The minimum atomic E-state index is -3.64. The molecule has 1 aliphatic carbocycles. The van der Waals surface area contributed by atoms with Crippen molar-refractivity contribution in [3.8, 4) is 10.6 Å². The minimum absolute atomic E-state index is 0.0537. The summed E-state index contributed by atoms with van der Waals surface area (Å²) in [4.78, 5) is 8.50. The SMILES string of the molecule is O=S(=O)(c1csc(-c2ccc(Br)cc2)n1)N(Cc1cccnc1)C1CC1. The van der Waals surface area contributed by atoms with Crippen LogP contribution in [0.3, 0.4) is 0 Å². The van der Waals surface area contributed by atoms with Crippen LogP contribution in [-0.4, -0.2) is 28.7 Å². The molecule has 26 heavy (non-hydrogen) atoms. The molecule has 0 atom stereocenters. The molecule has 0 radical (unpaired) electrons. The Labute approximate surface area is 164 Å². The van der Waals surface area contributed by atoms with Crippen LogP contribution in [-0.2, 0) is 16.6 Å². The molecule has 2 heterocycles. The number of rotatable bonds is 6. The Balaban J connectivity index is 1.63. The lowest BCUT2D eigenvalue weighted by molar-refractivity contribution is 0.396. The molecular formula is C18H16BrN3O2S2. The van der Waals surface area contributed by atoms with Gasteiger partial charge in [0.1, 0.15) is 5.01 Å². The summed E-state index contributed by atoms with van der Waals surface area (Å²) < 4.78 is 28.9. The first-order chi connectivity index (χ1) is 12.5. The second-order valence-corrected chi connectivity index (χ2v) is 9.75. The second-order valence-electron chi connectivity index (χ2n) is 6.14. The van der Waals surface area contributed by atoms with E-state index >= 15 is 0 Å². The summed E-state index contributed by atoms with van der Waals surface area (Å²) in [6.07, 6.45) is 5.18. The third-order valence-corrected chi connectivity index (χ3v) is 7.51. The molecule has 134 valence electrons. The molecule has 4 rings (SSSR count). The van der Waals surface area contributed by atoms with Crippen LogP contribution in [0.2, 0.25) is 0 Å². The number of pyridine rings is 1. The van der Waals surface area contributed by atoms with E-state index in [0.29, 0.717) is 11.6 Å². The van der Waals surface area contributed by atoms with Crippen molar-refractivity contribution in [1.29, 1.82) is 0 Å². The Bertz CT molecular complexity index is 1000. The topological polar surface area (TPSA) is 63.2 Å². The van der Waals surface area contributed by atoms with Crippen molar-refractivity contribution in [3.05, 3.63) is 64.2 Å². The van der Waals surface area contributed by atoms with E-state index < -0.39 is 10.0 Å². The van der Waals surface area contributed by atoms with E-state index in [1.165, 1.54) is 11.3 Å². The van der Waals surface area contributed by atoms with Crippen LogP contribution in [0.4, 0.5) is 0 Å². The summed E-state index contributed by atoms with van der Waals surface area (Å²) in [6, 6.07) is 11.5. The highest BCUT2D eigenvalue weighted by atomic mass is 79.9. The lowest BCUT2D eigenvalue weighted by Gasteiger charge is -2.20. The molecule has 2 aromatic heterocycles. The van der Waals surface area contributed by atoms with Gasteiger partial charge in [0.25, 0.3) is 10.0 Å². The lowest BCUT2D eigenvalue weighted by atomic mass is 10.2. The van der Waals surface area contributed by atoms with Crippen LogP contribution in [0.5, 0.6) is 0 Å². The highest BCUT2D eigenvalue weighted by molar-refractivity contribution is 9.10. The number of halogens is 1. The molecule has 5 nitrogen and oxygen atoms in total. The summed E-state index contributed by atoms with van der Waals surface area (Å²) in [5.41, 5.74) is 1.79. The van der Waals surface area contributed by atoms with Crippen molar-refractivity contribution in [2.24, 2.45) is 0 Å². The highest BCUT2D eigenvalue weighted by Gasteiger charge is 2.39. The molecule has 0 unspecified atom stereocenters. The Kier molecular flexibility index (Phi) is 4.92. The average molecular weight is 450 g/mol. The number of thiazole rings is 1. The zero-order valence-corrected chi connectivity index (χ0v) is 17.0. The predicted molar refractivity (Wildman–Crippen MR) is 105 cm³/mol. The lowest BCUT2D eigenvalue weighted by Crippen LogP contribution is -2.33. The Hall–Kier alpha value is -1.61. The molecular weight excluding hydrogens is 434 g/mol. The minimum Gasteiger partial charge on any atom is -0.264 e. The Morgan fingerprint density at radius 1 is 1.19 bits per heavy atom. The summed E-state index contributed by atoms with van der Waals surface area (Å²) in [7, 11) is -3.64. The van der Waals surface area contributed by atoms with Crippen molar-refractivity contribution in [3.63, 3.8) is 0 Å². The normalized spacial score (nSPS) is 14.7. The first-order valence-electron chi connectivity index (χ1n) is 8.16. The first kappa shape index (κ1) is 17.8. The fourth-order valence-electron chi connectivity index (χ4n) is 2.67. The predicted octanol–water partition coefficient (Wildman–Crippen LogP) is 4.32. The summed E-state index contributed by atoms with van der Waals surface area (Å²) in [5, 5.41) is 2.45. The maximum Gasteiger partial charge on any atom is 0.261 e. The number of hydrogen-bond donors (Lipinski definition) is 0. The molecule has 1 saturated carbocycles. The fraction of sp³-hybridized carbons (Fsp3) is 0.222. The van der Waals surface area contributed by atoms with Crippen LogP contribution in [0, 0.1) is 0 Å². The smallest absolute Gasteiger partial charge is 0.261 e. The van der Waals surface area contributed by atoms with E-state index in [0.717, 1.165) is 28.4 Å². The summed E-state index contributed by atoms with van der Waals surface area (Å²) >= 11 is 4.75. The van der Waals surface area contributed by atoms with E-state index in [1.807, 2.05) is 36.4 Å². The standard InChI is InChI=1S/C18H16BrN3O2S2/c19-15-5-3-14(4-6-15)18-21-17(12-25-18)26(23,24)22(16-7-8-16)11-13-2-1-9-20-10-13/h1-6,9-10,12,16H,7-8,11H2. The third kappa shape index (κ3) is 3.73. The van der Waals surface area contributed by atoms with E-state index in [-0.39, 0.29) is 11.1 Å². The van der Waals surface area contributed by atoms with E-state index in [9.17, 15) is 8.42 Å². The molecule has 0 saturated heterocycles. The van der Waals surface area contributed by atoms with Gasteiger partial charge in [-0.2, -0.15) is 4.31 Å². The Morgan fingerprint density at radius 2 is 1.96 bits per heavy atom. The van der Waals surface area contributed by atoms with Crippen LogP contribution in [0.1, 0.15) is 18.4 Å². The van der Waals surface area contributed by atoms with E-state index in [4.69, 9.17) is 0 Å². The van der Waals surface area contributed by atoms with Crippen molar-refractivity contribution in [1.82, 2.24) is 14.3 Å². The number of sulfonamides is 1. The first-order valence-corrected chi connectivity index (χ1v) is 11.3. The van der Waals surface area contributed by atoms with Crippen molar-refractivity contribution < 1.29 is 8.42 Å². The Morgan fingerprint density at radius 3 is 2.62 bits per heavy atom. The maximum absolute atomic E-state index is 13.2. The quantitative estimate of drug-likeness (QED) is 0.561. The zero-order chi connectivity index (χ0) is 18.1. The van der Waals surface area contributed by atoms with Crippen molar-refractivity contribution in [2.45, 2.75) is 30.5 Å². The van der Waals surface area contributed by atoms with E-state index in [1.54, 1.807) is 22.1 Å². The van der Waals surface area contributed by atoms with Gasteiger partial charge in [-0.25, -0.2) is 13.4 Å². The van der Waals surface area contributed by atoms with Gasteiger partial charge in [-0.05, 0) is 36.6 Å². The van der Waals surface area contributed by atoms with Crippen molar-refractivity contribution in [2.75, 3.05) is 0 Å². The van der Waals surface area contributed by atoms with Gasteiger partial charge in [-0.3, -0.25) is 4.98 Å². The molecule has 0 N–H and O–H groups in total. The largest absolute Gasteiger partial charge is 0.264 e. The monoisotopic (exact) mass is 449 g/mol. The molecule has 1 aliphatic rings. The second kappa shape index (κ2) is 7.19. The van der Waals surface area contributed by atoms with Gasteiger partial charge < -0.3 is 0 Å². The van der Waals surface area contributed by atoms with Gasteiger partial charge in [0.15, 0.2) is 5.03 Å². The van der Waals surface area contributed by atoms with Crippen LogP contribution < -0.4 is 0 Å². The highest BCUT2D eigenvalue weighted by Crippen LogP contribution is 2.35. The molecule has 0 amide bonds. The van der Waals surface area contributed by atoms with Gasteiger partial charge in [0.05, 0.1) is 0 Å². The van der Waals surface area contributed by atoms with Gasteiger partial charge >= 0.3 is 0 Å². The molecule has 0 bridgehead atoms. The molecule has 3 aromatic rings. The molecule has 8 heteroatoms.